The second-order valence-corrected chi connectivity index (χ2v) is 6.16. The Morgan fingerprint density at radius 1 is 1.04 bits per heavy atom. The van der Waals surface area contributed by atoms with Crippen molar-refractivity contribution in [2.75, 3.05) is 35.4 Å². The van der Waals surface area contributed by atoms with E-state index in [1.54, 1.807) is 0 Å². The van der Waals surface area contributed by atoms with Gasteiger partial charge in [0.2, 0.25) is 17.9 Å². The first-order valence-corrected chi connectivity index (χ1v) is 8.31. The third kappa shape index (κ3) is 4.28. The first kappa shape index (κ1) is 20.4. The largest absolute Gasteiger partial charge is 0.481 e. The molecule has 2 atom stereocenters. The second kappa shape index (κ2) is 8.68. The molecule has 0 radical (unpaired) electrons. The Kier molecular flexibility index (Phi) is 6.57. The van der Waals surface area contributed by atoms with E-state index < -0.39 is 17.6 Å². The lowest BCUT2D eigenvalue weighted by atomic mass is 9.85. The summed E-state index contributed by atoms with van der Waals surface area (Å²) >= 11 is 0. The van der Waals surface area contributed by atoms with Crippen LogP contribution in [0.5, 0.6) is 17.8 Å². The normalized spacial score (nSPS) is 14.2. The Morgan fingerprint density at radius 3 is 2.04 bits per heavy atom. The zero-order valence-electron chi connectivity index (χ0n) is 16.4. The molecule has 0 amide bonds. The molecule has 0 aliphatic rings. The van der Waals surface area contributed by atoms with Gasteiger partial charge in [0.1, 0.15) is 0 Å². The molecular weight excluding hydrogens is 350 g/mol. The average molecular weight is 375 g/mol. The molecule has 2 rings (SSSR count). The number of hydrogen-bond acceptors (Lipinski definition) is 8. The number of methoxy groups -OCH3 is 3. The maximum absolute atomic E-state index is 12.7. The van der Waals surface area contributed by atoms with Gasteiger partial charge in [-0.15, -0.1) is 0 Å². The number of hydrogen-bond donors (Lipinski definition) is 0. The molecule has 1 heterocycles. The van der Waals surface area contributed by atoms with Crippen LogP contribution in [0.1, 0.15) is 12.5 Å². The number of aromatic nitrogens is 2. The van der Waals surface area contributed by atoms with E-state index in [4.69, 9.17) is 18.9 Å². The Balaban J connectivity index is 2.53. The first-order valence-electron chi connectivity index (χ1n) is 8.31. The summed E-state index contributed by atoms with van der Waals surface area (Å²) in [6, 6.07) is 11.0. The number of nitrogens with zero attached hydrogens (tertiary/aromatic N) is 3. The van der Waals surface area contributed by atoms with E-state index in [0.717, 1.165) is 5.56 Å². The molecule has 0 spiro atoms. The highest BCUT2D eigenvalue weighted by Crippen LogP contribution is 2.33. The lowest BCUT2D eigenvalue weighted by Gasteiger charge is -2.41. The summed E-state index contributed by atoms with van der Waals surface area (Å²) in [6.07, 6.45) is -1.04. The molecule has 8 heteroatoms. The van der Waals surface area contributed by atoms with Gasteiger partial charge in [-0.3, -0.25) is 4.90 Å². The van der Waals surface area contributed by atoms with Crippen molar-refractivity contribution in [2.24, 2.45) is 0 Å². The van der Waals surface area contributed by atoms with E-state index in [0.29, 0.717) is 0 Å². The van der Waals surface area contributed by atoms with E-state index in [1.165, 1.54) is 27.4 Å². The lowest BCUT2D eigenvalue weighted by molar-refractivity contribution is -0.157. The zero-order valence-corrected chi connectivity index (χ0v) is 16.4. The molecule has 2 aromatic rings. The molecule has 0 saturated heterocycles. The van der Waals surface area contributed by atoms with Gasteiger partial charge in [-0.1, -0.05) is 30.3 Å². The minimum atomic E-state index is -1.04. The Hall–Kier alpha value is -2.87. The molecule has 0 aliphatic heterocycles. The van der Waals surface area contributed by atoms with E-state index >= 15 is 0 Å². The van der Waals surface area contributed by atoms with E-state index in [-0.39, 0.29) is 17.8 Å². The van der Waals surface area contributed by atoms with Gasteiger partial charge >= 0.3 is 12.0 Å². The van der Waals surface area contributed by atoms with Crippen molar-refractivity contribution in [3.05, 3.63) is 42.0 Å². The number of carbonyl (C=O) groups excluding carboxylic acids is 1. The molecule has 1 aromatic carbocycles. The highest BCUT2D eigenvalue weighted by molar-refractivity contribution is 5.77. The predicted octanol–water partition coefficient (Wildman–Crippen LogP) is 1.89. The van der Waals surface area contributed by atoms with E-state index in [1.807, 2.05) is 56.3 Å². The summed E-state index contributed by atoms with van der Waals surface area (Å²) in [7, 11) is 7.97. The van der Waals surface area contributed by atoms with Crippen LogP contribution < -0.4 is 14.2 Å². The molecule has 2 unspecified atom stereocenters. The fourth-order valence-corrected chi connectivity index (χ4v) is 2.67. The molecule has 0 saturated carbocycles. The molecule has 0 N–H and O–H groups in total. The predicted molar refractivity (Wildman–Crippen MR) is 99.0 cm³/mol. The number of esters is 1. The molecule has 8 nitrogen and oxygen atoms in total. The van der Waals surface area contributed by atoms with Crippen LogP contribution in [0.2, 0.25) is 0 Å². The molecule has 1 aromatic heterocycles. The van der Waals surface area contributed by atoms with Crippen LogP contribution in [-0.2, 0) is 15.1 Å². The summed E-state index contributed by atoms with van der Waals surface area (Å²) in [5.74, 6) is -0.0427. The Labute approximate surface area is 159 Å². The Morgan fingerprint density at radius 2 is 1.59 bits per heavy atom. The summed E-state index contributed by atoms with van der Waals surface area (Å²) in [5.41, 5.74) is 0.0221. The number of ether oxygens (including phenoxy) is 4. The van der Waals surface area contributed by atoms with Crippen LogP contribution in [0.15, 0.2) is 36.4 Å². The van der Waals surface area contributed by atoms with Crippen molar-refractivity contribution in [3.8, 4) is 17.8 Å². The van der Waals surface area contributed by atoms with Gasteiger partial charge in [-0.2, -0.15) is 9.97 Å². The summed E-state index contributed by atoms with van der Waals surface area (Å²) in [6.45, 7) is 1.89. The third-order valence-corrected chi connectivity index (χ3v) is 4.51. The van der Waals surface area contributed by atoms with Gasteiger partial charge in [0.15, 0.2) is 0 Å². The average Bonchev–Trinajstić information content (AvgIpc) is 2.70. The lowest BCUT2D eigenvalue weighted by Crippen LogP contribution is -2.55. The SMILES string of the molecule is COC(=O)C(Oc1nc(OC)cc(OC)n1)C(C)(c1ccccc1)N(C)C. The number of carbonyl (C=O) groups is 1. The third-order valence-electron chi connectivity index (χ3n) is 4.51. The van der Waals surface area contributed by atoms with Gasteiger partial charge in [0.05, 0.1) is 32.9 Å². The topological polar surface area (TPSA) is 83.0 Å². The standard InChI is InChI=1S/C19H25N3O5/c1-19(22(2)3,13-10-8-7-9-11-13)16(17(23)26-6)27-18-20-14(24-4)12-15(21-18)25-5/h7-12,16H,1-6H3. The van der Waals surface area contributed by atoms with Crippen molar-refractivity contribution in [1.82, 2.24) is 14.9 Å². The van der Waals surface area contributed by atoms with Crippen molar-refractivity contribution in [3.63, 3.8) is 0 Å². The number of likely N-dealkylation sites (N-methyl/N-ethyl adjacent to an activating group) is 1. The van der Waals surface area contributed by atoms with Crippen LogP contribution in [-0.4, -0.2) is 62.4 Å². The molecule has 0 aliphatic carbocycles. The van der Waals surface area contributed by atoms with Gasteiger partial charge < -0.3 is 18.9 Å². The van der Waals surface area contributed by atoms with Crippen LogP contribution in [0.3, 0.4) is 0 Å². The van der Waals surface area contributed by atoms with Crippen molar-refractivity contribution < 1.29 is 23.7 Å². The fraction of sp³-hybridized carbons (Fsp3) is 0.421. The van der Waals surface area contributed by atoms with Crippen LogP contribution in [0.4, 0.5) is 0 Å². The zero-order chi connectivity index (χ0) is 20.0. The summed E-state index contributed by atoms with van der Waals surface area (Å²) in [5, 5.41) is 0. The van der Waals surface area contributed by atoms with Crippen molar-refractivity contribution in [1.29, 1.82) is 0 Å². The first-order chi connectivity index (χ1) is 12.9. The quantitative estimate of drug-likeness (QED) is 0.647. The number of rotatable bonds is 8. The molecule has 0 bridgehead atoms. The van der Waals surface area contributed by atoms with Gasteiger partial charge in [0, 0.05) is 0 Å². The second-order valence-electron chi connectivity index (χ2n) is 6.16. The van der Waals surface area contributed by atoms with Crippen LogP contribution in [0, 0.1) is 0 Å². The summed E-state index contributed by atoms with van der Waals surface area (Å²) in [4.78, 5) is 22.9. The minimum absolute atomic E-state index is 0.0504. The van der Waals surface area contributed by atoms with Gasteiger partial charge in [-0.05, 0) is 26.6 Å². The molecular formula is C19H25N3O5. The molecule has 27 heavy (non-hydrogen) atoms. The van der Waals surface area contributed by atoms with Crippen molar-refractivity contribution >= 4 is 5.97 Å². The maximum atomic E-state index is 12.7. The minimum Gasteiger partial charge on any atom is -0.481 e. The summed E-state index contributed by atoms with van der Waals surface area (Å²) < 4.78 is 21.2. The van der Waals surface area contributed by atoms with E-state index in [9.17, 15) is 4.79 Å². The van der Waals surface area contributed by atoms with Gasteiger partial charge in [0.25, 0.3) is 0 Å². The maximum Gasteiger partial charge on any atom is 0.349 e. The van der Waals surface area contributed by atoms with Crippen LogP contribution in [0.25, 0.3) is 0 Å². The van der Waals surface area contributed by atoms with Crippen molar-refractivity contribution in [2.45, 2.75) is 18.6 Å². The Bertz CT molecular complexity index is 747. The fourth-order valence-electron chi connectivity index (χ4n) is 2.67. The van der Waals surface area contributed by atoms with E-state index in [2.05, 4.69) is 9.97 Å². The van der Waals surface area contributed by atoms with Gasteiger partial charge in [-0.25, -0.2) is 4.79 Å². The highest BCUT2D eigenvalue weighted by atomic mass is 16.6. The van der Waals surface area contributed by atoms with Crippen LogP contribution >= 0.6 is 0 Å². The monoisotopic (exact) mass is 375 g/mol. The molecule has 0 fully saturated rings. The highest BCUT2D eigenvalue weighted by Gasteiger charge is 2.46. The smallest absolute Gasteiger partial charge is 0.349 e. The number of benzene rings is 1. The molecule has 146 valence electrons.